The van der Waals surface area contributed by atoms with E-state index in [0.717, 1.165) is 25.0 Å². The number of nitrogens with zero attached hydrogens (tertiary/aromatic N) is 3. The number of benzene rings is 3. The fraction of sp³-hybridized carbons (Fsp3) is 0.286. The van der Waals surface area contributed by atoms with Crippen molar-refractivity contribution >= 4 is 16.7 Å². The molecule has 2 aromatic heterocycles. The van der Waals surface area contributed by atoms with Crippen molar-refractivity contribution in [3.8, 4) is 56.5 Å². The van der Waals surface area contributed by atoms with Crippen molar-refractivity contribution in [2.75, 3.05) is 12.8 Å². The molecule has 51 heavy (non-hydrogen) atoms. The number of oxazole rings is 1. The maximum absolute atomic E-state index is 15.4. The predicted molar refractivity (Wildman–Crippen MR) is 174 cm³/mol. The third-order valence-corrected chi connectivity index (χ3v) is 9.62. The highest BCUT2D eigenvalue weighted by atomic mass is 32.2. The van der Waals surface area contributed by atoms with Gasteiger partial charge in [0.25, 0.3) is 5.91 Å². The monoisotopic (exact) mass is 728 g/mol. The lowest BCUT2D eigenvalue weighted by Gasteiger charge is -2.14. The number of aliphatic hydroxyl groups is 1. The summed E-state index contributed by atoms with van der Waals surface area (Å²) in [6, 6.07) is 12.4. The van der Waals surface area contributed by atoms with E-state index >= 15 is 13.2 Å². The fourth-order valence-electron chi connectivity index (χ4n) is 5.88. The number of hydrogen-bond acceptors (Lipinski definition) is 8. The summed E-state index contributed by atoms with van der Waals surface area (Å²) in [5.74, 6) is -6.28. The summed E-state index contributed by atoms with van der Waals surface area (Å²) in [5.41, 5.74) is 0.842. The Morgan fingerprint density at radius 1 is 1.04 bits per heavy atom. The molecule has 1 atom stereocenters. The second-order valence-corrected chi connectivity index (χ2v) is 13.7. The Bertz CT molecular complexity index is 2230. The summed E-state index contributed by atoms with van der Waals surface area (Å²) in [5, 5.41) is 16.0. The van der Waals surface area contributed by atoms with Gasteiger partial charge in [0, 0.05) is 53.9 Å². The average Bonchev–Trinajstić information content (AvgIpc) is 3.57. The molecule has 2 N–H and O–H groups in total. The number of carbonyl (C=O) groups is 1. The number of nitrogens with one attached hydrogen (secondary N) is 1. The lowest BCUT2D eigenvalue weighted by molar-refractivity contribution is -0.286. The number of fused-ring (bicyclic) bond motifs is 1. The van der Waals surface area contributed by atoms with Gasteiger partial charge in [-0.05, 0) is 72.4 Å². The van der Waals surface area contributed by atoms with Crippen LogP contribution in [0.4, 0.5) is 22.0 Å². The van der Waals surface area contributed by atoms with E-state index in [4.69, 9.17) is 4.42 Å². The van der Waals surface area contributed by atoms with Crippen LogP contribution in [-0.2, 0) is 35.2 Å². The molecule has 1 saturated carbocycles. The molecular weight excluding hydrogens is 699 g/mol. The van der Waals surface area contributed by atoms with Gasteiger partial charge in [0.1, 0.15) is 17.2 Å². The molecular formula is C35H29F5N4O6S. The van der Waals surface area contributed by atoms with E-state index in [2.05, 4.69) is 24.9 Å². The number of aliphatic hydroxyl groups excluding tert-OH is 1. The summed E-state index contributed by atoms with van der Waals surface area (Å²) in [4.78, 5) is 17.1. The Balaban J connectivity index is 1.39. The molecule has 5 aromatic rings. The summed E-state index contributed by atoms with van der Waals surface area (Å²) >= 11 is 0. The Labute approximate surface area is 289 Å². The van der Waals surface area contributed by atoms with Crippen LogP contribution in [0.2, 0.25) is 0 Å². The topological polar surface area (TPSA) is 129 Å². The van der Waals surface area contributed by atoms with E-state index in [-0.39, 0.29) is 79.7 Å². The second kappa shape index (κ2) is 12.6. The Morgan fingerprint density at radius 3 is 2.47 bits per heavy atom. The van der Waals surface area contributed by atoms with Gasteiger partial charge in [0.2, 0.25) is 0 Å². The van der Waals surface area contributed by atoms with E-state index in [1.165, 1.54) is 42.3 Å². The van der Waals surface area contributed by atoms with Crippen LogP contribution in [0.1, 0.15) is 30.0 Å². The molecule has 1 fully saturated rings. The summed E-state index contributed by atoms with van der Waals surface area (Å²) in [7, 11) is -0.253. The largest absolute Gasteiger partial charge is 0.586 e. The molecule has 7 rings (SSSR count). The van der Waals surface area contributed by atoms with Crippen LogP contribution >= 0.6 is 0 Å². The zero-order chi connectivity index (χ0) is 36.4. The summed E-state index contributed by atoms with van der Waals surface area (Å²) in [6.07, 6.45) is -0.813. The van der Waals surface area contributed by atoms with Gasteiger partial charge in [-0.15, -0.1) is 8.78 Å². The lowest BCUT2D eigenvalue weighted by Crippen LogP contribution is -2.39. The number of ether oxygens (including phenoxy) is 2. The number of amides is 1. The minimum Gasteiger partial charge on any atom is -0.440 e. The maximum atomic E-state index is 15.4. The second-order valence-electron chi connectivity index (χ2n) is 12.3. The molecule has 0 radical (unpaired) electrons. The highest BCUT2D eigenvalue weighted by Crippen LogP contribution is 2.46. The van der Waals surface area contributed by atoms with Gasteiger partial charge in [-0.25, -0.2) is 9.37 Å². The van der Waals surface area contributed by atoms with Crippen molar-refractivity contribution in [1.82, 2.24) is 20.1 Å². The van der Waals surface area contributed by atoms with Crippen molar-refractivity contribution in [3.05, 3.63) is 77.6 Å². The zero-order valence-corrected chi connectivity index (χ0v) is 28.0. The van der Waals surface area contributed by atoms with E-state index in [9.17, 15) is 22.9 Å². The van der Waals surface area contributed by atoms with Crippen LogP contribution in [0.5, 0.6) is 11.5 Å². The van der Waals surface area contributed by atoms with Crippen LogP contribution in [0.25, 0.3) is 45.0 Å². The van der Waals surface area contributed by atoms with Crippen molar-refractivity contribution in [3.63, 3.8) is 0 Å². The molecule has 1 unspecified atom stereocenters. The molecule has 0 spiro atoms. The molecule has 1 aliphatic carbocycles. The fourth-order valence-corrected chi connectivity index (χ4v) is 6.69. The molecule has 1 amide bonds. The van der Waals surface area contributed by atoms with Gasteiger partial charge in [-0.3, -0.25) is 13.7 Å². The number of aromatic nitrogens is 3. The van der Waals surface area contributed by atoms with Crippen LogP contribution in [0, 0.1) is 18.7 Å². The minimum absolute atomic E-state index is 0.0740. The number of halogens is 5. The first-order valence-corrected chi connectivity index (χ1v) is 17.2. The van der Waals surface area contributed by atoms with Crippen LogP contribution < -0.4 is 14.8 Å². The number of aryl methyl sites for hydroxylation is 2. The standard InChI is InChI=1S/C35H29F5N4O6S/c1-17-42-31(20-7-9-27-28(12-20)50-35(39,40)49-27)32(48-17)23-10-19(21-11-25(36)24(16-45)29(13-21)51(3)47)6-8-22(23)26-14-30(43-44(26)2)34(37,38)33(46)41-15-18-4-5-18/h6-14,18,45H,4-5,15-16H2,1-3H3,(H,41,46). The normalized spacial score (nSPS) is 15.6. The smallest absolute Gasteiger partial charge is 0.440 e. The van der Waals surface area contributed by atoms with Gasteiger partial charge < -0.3 is 24.3 Å². The Hall–Kier alpha value is -5.09. The molecule has 10 nitrogen and oxygen atoms in total. The number of rotatable bonds is 10. The van der Waals surface area contributed by atoms with Crippen molar-refractivity contribution in [1.29, 1.82) is 0 Å². The predicted octanol–water partition coefficient (Wildman–Crippen LogP) is 6.69. The summed E-state index contributed by atoms with van der Waals surface area (Å²) < 4.78 is 103. The molecule has 266 valence electrons. The molecule has 16 heteroatoms. The minimum atomic E-state index is -3.97. The quantitative estimate of drug-likeness (QED) is 0.152. The molecule has 0 saturated heterocycles. The molecule has 0 bridgehead atoms. The first-order valence-electron chi connectivity index (χ1n) is 15.7. The van der Waals surface area contributed by atoms with Crippen molar-refractivity contribution in [2.24, 2.45) is 13.0 Å². The van der Waals surface area contributed by atoms with Crippen LogP contribution in [0.3, 0.4) is 0 Å². The molecule has 3 aromatic carbocycles. The van der Waals surface area contributed by atoms with Gasteiger partial charge in [0.15, 0.2) is 23.1 Å². The van der Waals surface area contributed by atoms with Crippen molar-refractivity contribution in [2.45, 2.75) is 43.5 Å². The first kappa shape index (κ1) is 34.4. The number of alkyl halides is 4. The van der Waals surface area contributed by atoms with E-state index in [1.807, 2.05) is 0 Å². The number of carbonyl (C=O) groups excluding carboxylic acids is 1. The lowest BCUT2D eigenvalue weighted by atomic mass is 9.93. The van der Waals surface area contributed by atoms with E-state index in [1.54, 1.807) is 25.1 Å². The highest BCUT2D eigenvalue weighted by molar-refractivity contribution is 7.84. The zero-order valence-electron chi connectivity index (χ0n) is 27.2. The molecule has 1 aliphatic heterocycles. The van der Waals surface area contributed by atoms with Gasteiger partial charge in [-0.2, -0.15) is 13.9 Å². The maximum Gasteiger partial charge on any atom is 0.586 e. The third kappa shape index (κ3) is 6.49. The van der Waals surface area contributed by atoms with Gasteiger partial charge >= 0.3 is 12.2 Å². The van der Waals surface area contributed by atoms with Crippen LogP contribution in [-0.4, -0.2) is 49.1 Å². The SMILES string of the molecule is Cc1nc(-c2ccc3c(c2)OC(F)(F)O3)c(-c2cc(-c3cc(F)c(CO)c(S(C)=O)c3)ccc2-c2cc(C(F)(F)C(=O)NCC3CC3)nn2C)o1. The highest BCUT2D eigenvalue weighted by Gasteiger charge is 2.45. The van der Waals surface area contributed by atoms with Gasteiger partial charge in [-0.1, -0.05) is 12.1 Å². The van der Waals surface area contributed by atoms with Crippen LogP contribution in [0.15, 0.2) is 63.9 Å². The molecule has 2 aliphatic rings. The number of hydrogen-bond donors (Lipinski definition) is 2. The van der Waals surface area contributed by atoms with Crippen molar-refractivity contribution < 1.29 is 50.0 Å². The first-order chi connectivity index (χ1) is 24.1. The van der Waals surface area contributed by atoms with E-state index < -0.39 is 47.0 Å². The summed E-state index contributed by atoms with van der Waals surface area (Å²) in [6.45, 7) is 1.00. The van der Waals surface area contributed by atoms with Gasteiger partial charge in [0.05, 0.1) is 23.1 Å². The Morgan fingerprint density at radius 2 is 1.76 bits per heavy atom. The average molecular weight is 729 g/mol. The third-order valence-electron chi connectivity index (χ3n) is 8.64. The molecule has 3 heterocycles. The van der Waals surface area contributed by atoms with E-state index in [0.29, 0.717) is 5.56 Å². The Kier molecular flexibility index (Phi) is 8.49.